The van der Waals surface area contributed by atoms with Gasteiger partial charge in [0.2, 0.25) is 0 Å². The first-order chi connectivity index (χ1) is 15.1. The smallest absolute Gasteiger partial charge is 0.407 e. The van der Waals surface area contributed by atoms with Crippen molar-refractivity contribution in [3.8, 4) is 17.2 Å². The van der Waals surface area contributed by atoms with Gasteiger partial charge in [0.1, 0.15) is 12.6 Å². The summed E-state index contributed by atoms with van der Waals surface area (Å²) in [5.41, 5.74) is 4.94. The maximum Gasteiger partial charge on any atom is 0.407 e. The van der Waals surface area contributed by atoms with Gasteiger partial charge in [-0.2, -0.15) is 5.26 Å². The van der Waals surface area contributed by atoms with E-state index in [9.17, 15) is 14.7 Å². The highest BCUT2D eigenvalue weighted by molar-refractivity contribution is 5.81. The van der Waals surface area contributed by atoms with Crippen LogP contribution in [-0.2, 0) is 9.53 Å². The molecule has 2 aliphatic carbocycles. The highest BCUT2D eigenvalue weighted by atomic mass is 16.5. The topological polar surface area (TPSA) is 99.4 Å². The maximum atomic E-state index is 12.4. The van der Waals surface area contributed by atoms with E-state index in [2.05, 4.69) is 23.5 Å². The largest absolute Gasteiger partial charge is 0.480 e. The van der Waals surface area contributed by atoms with E-state index in [1.165, 1.54) is 0 Å². The molecule has 0 aromatic heterocycles. The Hall–Kier alpha value is -3.85. The number of alkyl carbamates (subject to hydrolysis) is 1. The fraction of sp³-hybridized carbons (Fsp3) is 0.240. The van der Waals surface area contributed by atoms with Crippen LogP contribution < -0.4 is 5.32 Å². The number of allylic oxidation sites excluding steroid dienone is 4. The second-order valence-corrected chi connectivity index (χ2v) is 7.73. The Morgan fingerprint density at radius 3 is 2.39 bits per heavy atom. The zero-order valence-electron chi connectivity index (χ0n) is 16.8. The summed E-state index contributed by atoms with van der Waals surface area (Å²) >= 11 is 0. The standard InChI is InChI=1S/C25H22N2O4/c26-14-17-7-5-6-16(12-17)13-23(24(28)29)27-25(30)31-15-22-20-10-3-1-8-18(20)19-9-2-4-11-21(19)22/h1-5,7-12,16,22-23H,6,13,15H2,(H,27,30)(H,28,29). The van der Waals surface area contributed by atoms with E-state index in [1.54, 1.807) is 12.2 Å². The average molecular weight is 414 g/mol. The highest BCUT2D eigenvalue weighted by Crippen LogP contribution is 2.44. The van der Waals surface area contributed by atoms with Crippen LogP contribution >= 0.6 is 0 Å². The fourth-order valence-electron chi connectivity index (χ4n) is 4.29. The molecule has 0 fully saturated rings. The second-order valence-electron chi connectivity index (χ2n) is 7.73. The minimum atomic E-state index is -1.13. The van der Waals surface area contributed by atoms with E-state index in [0.717, 1.165) is 22.3 Å². The number of fused-ring (bicyclic) bond motifs is 3. The van der Waals surface area contributed by atoms with Gasteiger partial charge >= 0.3 is 12.1 Å². The van der Waals surface area contributed by atoms with E-state index in [4.69, 9.17) is 10.00 Å². The first-order valence-electron chi connectivity index (χ1n) is 10.2. The third-order valence-electron chi connectivity index (χ3n) is 5.75. The molecule has 156 valence electrons. The number of hydrogen-bond acceptors (Lipinski definition) is 4. The van der Waals surface area contributed by atoms with Crippen LogP contribution in [0.15, 0.2) is 72.3 Å². The third kappa shape index (κ3) is 4.36. The quantitative estimate of drug-likeness (QED) is 0.730. The van der Waals surface area contributed by atoms with E-state index in [1.807, 2.05) is 42.5 Å². The van der Waals surface area contributed by atoms with Crippen molar-refractivity contribution in [1.29, 1.82) is 5.26 Å². The molecule has 2 aromatic carbocycles. The summed E-state index contributed by atoms with van der Waals surface area (Å²) in [6.07, 6.45) is 5.36. The normalized spacial score (nSPS) is 17.6. The number of hydrogen-bond donors (Lipinski definition) is 2. The number of carbonyl (C=O) groups excluding carboxylic acids is 1. The van der Waals surface area contributed by atoms with E-state index < -0.39 is 18.1 Å². The second kappa shape index (κ2) is 8.88. The van der Waals surface area contributed by atoms with Crippen molar-refractivity contribution >= 4 is 12.1 Å². The molecule has 31 heavy (non-hydrogen) atoms. The van der Waals surface area contributed by atoms with Gasteiger partial charge in [0.25, 0.3) is 0 Å². The van der Waals surface area contributed by atoms with Gasteiger partial charge in [-0.15, -0.1) is 0 Å². The number of rotatable bonds is 6. The van der Waals surface area contributed by atoms with Crippen LogP contribution in [0.5, 0.6) is 0 Å². The van der Waals surface area contributed by atoms with Crippen LogP contribution in [0.4, 0.5) is 4.79 Å². The van der Waals surface area contributed by atoms with Crippen molar-refractivity contribution < 1.29 is 19.4 Å². The van der Waals surface area contributed by atoms with Crippen LogP contribution in [-0.4, -0.2) is 29.8 Å². The molecule has 0 bridgehead atoms. The predicted octanol–water partition coefficient (Wildman–Crippen LogP) is 4.39. The minimum Gasteiger partial charge on any atom is -0.480 e. The van der Waals surface area contributed by atoms with Gasteiger partial charge in [-0.25, -0.2) is 9.59 Å². The summed E-state index contributed by atoms with van der Waals surface area (Å²) < 4.78 is 5.46. The Morgan fingerprint density at radius 2 is 1.77 bits per heavy atom. The summed E-state index contributed by atoms with van der Waals surface area (Å²) in [5, 5.41) is 21.0. The Morgan fingerprint density at radius 1 is 1.13 bits per heavy atom. The Bertz CT molecular complexity index is 1070. The van der Waals surface area contributed by atoms with Crippen molar-refractivity contribution in [2.24, 2.45) is 5.92 Å². The monoisotopic (exact) mass is 414 g/mol. The van der Waals surface area contributed by atoms with Gasteiger partial charge in [0, 0.05) is 11.5 Å². The van der Waals surface area contributed by atoms with Crippen LogP contribution in [0.3, 0.4) is 0 Å². The number of nitrogens with one attached hydrogen (secondary N) is 1. The maximum absolute atomic E-state index is 12.4. The van der Waals surface area contributed by atoms with Gasteiger partial charge < -0.3 is 15.2 Å². The molecule has 2 aliphatic rings. The molecule has 6 heteroatoms. The molecule has 0 saturated carbocycles. The average Bonchev–Trinajstić information content (AvgIpc) is 3.11. The van der Waals surface area contributed by atoms with Gasteiger partial charge in [0.05, 0.1) is 6.07 Å². The lowest BCUT2D eigenvalue weighted by atomic mass is 9.90. The molecular weight excluding hydrogens is 392 g/mol. The van der Waals surface area contributed by atoms with Crippen LogP contribution in [0.1, 0.15) is 29.9 Å². The van der Waals surface area contributed by atoms with Crippen LogP contribution in [0.2, 0.25) is 0 Å². The van der Waals surface area contributed by atoms with Gasteiger partial charge in [-0.05, 0) is 47.1 Å². The van der Waals surface area contributed by atoms with E-state index >= 15 is 0 Å². The van der Waals surface area contributed by atoms with Gasteiger partial charge in [-0.1, -0.05) is 60.7 Å². The SMILES string of the molecule is N#CC1=CC(CC(NC(=O)OCC2c3ccccc3-c3ccccc32)C(=O)O)CC=C1. The zero-order chi connectivity index (χ0) is 21.8. The first kappa shape index (κ1) is 20.4. The van der Waals surface area contributed by atoms with Crippen molar-refractivity contribution in [1.82, 2.24) is 5.32 Å². The number of amides is 1. The van der Waals surface area contributed by atoms with Crippen LogP contribution in [0.25, 0.3) is 11.1 Å². The van der Waals surface area contributed by atoms with Crippen molar-refractivity contribution in [3.05, 3.63) is 83.5 Å². The Labute approximate surface area is 180 Å². The molecule has 2 atom stereocenters. The number of carboxylic acids is 1. The lowest BCUT2D eigenvalue weighted by molar-refractivity contribution is -0.139. The molecule has 0 spiro atoms. The van der Waals surface area contributed by atoms with Gasteiger partial charge in [-0.3, -0.25) is 0 Å². The minimum absolute atomic E-state index is 0.0916. The molecule has 0 heterocycles. The molecule has 0 radical (unpaired) electrons. The van der Waals surface area contributed by atoms with E-state index in [0.29, 0.717) is 12.0 Å². The zero-order valence-corrected chi connectivity index (χ0v) is 16.8. The number of ether oxygens (including phenoxy) is 1. The summed E-state index contributed by atoms with van der Waals surface area (Å²) in [5.74, 6) is -1.35. The fourth-order valence-corrected chi connectivity index (χ4v) is 4.29. The van der Waals surface area contributed by atoms with Crippen molar-refractivity contribution in [2.45, 2.75) is 24.8 Å². The first-order valence-corrected chi connectivity index (χ1v) is 10.2. The Kier molecular flexibility index (Phi) is 5.85. The third-order valence-corrected chi connectivity index (χ3v) is 5.75. The number of nitrogens with zero attached hydrogens (tertiary/aromatic N) is 1. The van der Waals surface area contributed by atoms with Gasteiger partial charge in [0.15, 0.2) is 0 Å². The highest BCUT2D eigenvalue weighted by Gasteiger charge is 2.30. The summed E-state index contributed by atoms with van der Waals surface area (Å²) in [7, 11) is 0. The number of carboxylic acid groups (broad SMARTS) is 1. The molecule has 4 rings (SSSR count). The summed E-state index contributed by atoms with van der Waals surface area (Å²) in [4.78, 5) is 24.1. The molecule has 0 saturated heterocycles. The molecule has 2 N–H and O–H groups in total. The lowest BCUT2D eigenvalue weighted by Gasteiger charge is -2.21. The molecule has 2 unspecified atom stereocenters. The van der Waals surface area contributed by atoms with Crippen molar-refractivity contribution in [3.63, 3.8) is 0 Å². The number of nitriles is 1. The molecule has 6 nitrogen and oxygen atoms in total. The molecule has 2 aromatic rings. The Balaban J connectivity index is 1.40. The number of carbonyl (C=O) groups is 2. The summed E-state index contributed by atoms with van der Waals surface area (Å²) in [6.45, 7) is 0.122. The van der Waals surface area contributed by atoms with Crippen LogP contribution in [0, 0.1) is 17.2 Å². The summed E-state index contributed by atoms with van der Waals surface area (Å²) in [6, 6.07) is 17.0. The number of aliphatic carboxylic acids is 1. The molecule has 1 amide bonds. The molecular formula is C25H22N2O4. The molecule has 0 aliphatic heterocycles. The van der Waals surface area contributed by atoms with Crippen molar-refractivity contribution in [2.75, 3.05) is 6.61 Å². The van der Waals surface area contributed by atoms with E-state index in [-0.39, 0.29) is 24.9 Å². The predicted molar refractivity (Wildman–Crippen MR) is 115 cm³/mol. The lowest BCUT2D eigenvalue weighted by Crippen LogP contribution is -2.42. The number of benzene rings is 2.